The Bertz CT molecular complexity index is 364. The van der Waals surface area contributed by atoms with E-state index in [1.165, 1.54) is 5.56 Å². The molecule has 1 aliphatic rings. The van der Waals surface area contributed by atoms with E-state index in [0.717, 1.165) is 13.0 Å². The van der Waals surface area contributed by atoms with Gasteiger partial charge in [-0.3, -0.25) is 4.79 Å². The number of nitrogens with one attached hydrogen (secondary N) is 1. The van der Waals surface area contributed by atoms with Gasteiger partial charge in [-0.15, -0.1) is 0 Å². The smallest absolute Gasteiger partial charge is 0.163 e. The van der Waals surface area contributed by atoms with E-state index in [4.69, 9.17) is 4.74 Å². The van der Waals surface area contributed by atoms with Crippen LogP contribution in [-0.2, 0) is 16.0 Å². The van der Waals surface area contributed by atoms with Crippen LogP contribution in [0.4, 0.5) is 0 Å². The zero-order chi connectivity index (χ0) is 12.1. The third kappa shape index (κ3) is 3.65. The molecule has 1 fully saturated rings. The molecule has 0 unspecified atom stereocenters. The summed E-state index contributed by atoms with van der Waals surface area (Å²) in [5.74, 6) is 0.202. The van der Waals surface area contributed by atoms with Gasteiger partial charge in [-0.1, -0.05) is 30.3 Å². The number of hydrogen-bond acceptors (Lipinski definition) is 3. The third-order valence-electron chi connectivity index (χ3n) is 3.02. The van der Waals surface area contributed by atoms with Crippen LogP contribution in [-0.4, -0.2) is 31.1 Å². The molecule has 0 bridgehead atoms. The van der Waals surface area contributed by atoms with Gasteiger partial charge in [0.05, 0.1) is 6.10 Å². The lowest BCUT2D eigenvalue weighted by atomic mass is 10.0. The minimum Gasteiger partial charge on any atom is -0.365 e. The van der Waals surface area contributed by atoms with Crippen LogP contribution < -0.4 is 5.32 Å². The van der Waals surface area contributed by atoms with Crippen LogP contribution in [0.2, 0.25) is 0 Å². The van der Waals surface area contributed by atoms with Gasteiger partial charge in [-0.2, -0.15) is 0 Å². The number of carbonyl (C=O) groups excluding carboxylic acids is 1. The van der Waals surface area contributed by atoms with Crippen LogP contribution in [0, 0.1) is 0 Å². The second kappa shape index (κ2) is 5.94. The van der Waals surface area contributed by atoms with Gasteiger partial charge < -0.3 is 10.1 Å². The third-order valence-corrected chi connectivity index (χ3v) is 3.02. The lowest BCUT2D eigenvalue weighted by Gasteiger charge is -2.27. The summed E-state index contributed by atoms with van der Waals surface area (Å²) in [7, 11) is 0. The summed E-state index contributed by atoms with van der Waals surface area (Å²) in [6, 6.07) is 10.1. The lowest BCUT2D eigenvalue weighted by Crippen LogP contribution is -2.47. The van der Waals surface area contributed by atoms with Crippen molar-refractivity contribution in [2.24, 2.45) is 0 Å². The minimum atomic E-state index is -0.262. The van der Waals surface area contributed by atoms with E-state index in [9.17, 15) is 4.79 Å². The summed E-state index contributed by atoms with van der Waals surface area (Å²) in [5.41, 5.74) is 1.21. The highest BCUT2D eigenvalue weighted by Crippen LogP contribution is 2.09. The van der Waals surface area contributed by atoms with Crippen molar-refractivity contribution >= 4 is 5.78 Å². The van der Waals surface area contributed by atoms with Crippen LogP contribution in [0.5, 0.6) is 0 Å². The molecule has 0 saturated carbocycles. The molecule has 1 heterocycles. The average molecular weight is 233 g/mol. The van der Waals surface area contributed by atoms with E-state index in [2.05, 4.69) is 17.4 Å². The molecular formula is C14H19NO2. The fraction of sp³-hybridized carbons (Fsp3) is 0.500. The average Bonchev–Trinajstić information content (AvgIpc) is 2.37. The zero-order valence-corrected chi connectivity index (χ0v) is 10.2. The molecule has 0 radical (unpaired) electrons. The summed E-state index contributed by atoms with van der Waals surface area (Å²) >= 11 is 0. The van der Waals surface area contributed by atoms with Gasteiger partial charge in [0.1, 0.15) is 6.10 Å². The number of carbonyl (C=O) groups is 1. The van der Waals surface area contributed by atoms with Gasteiger partial charge in [0.15, 0.2) is 5.78 Å². The highest BCUT2D eigenvalue weighted by molar-refractivity contribution is 5.83. The van der Waals surface area contributed by atoms with Crippen molar-refractivity contribution in [3.8, 4) is 0 Å². The Morgan fingerprint density at radius 2 is 2.12 bits per heavy atom. The highest BCUT2D eigenvalue weighted by Gasteiger charge is 2.24. The number of rotatable bonds is 4. The first-order valence-electron chi connectivity index (χ1n) is 6.18. The van der Waals surface area contributed by atoms with E-state index in [-0.39, 0.29) is 18.0 Å². The fourth-order valence-corrected chi connectivity index (χ4v) is 2.06. The Kier molecular flexibility index (Phi) is 4.29. The molecule has 3 nitrogen and oxygen atoms in total. The molecule has 0 amide bonds. The molecule has 1 N–H and O–H groups in total. The van der Waals surface area contributed by atoms with E-state index < -0.39 is 0 Å². The standard InChI is InChI=1S/C14H19NO2/c1-11-9-15-10-14(17-11)13(16)8-7-12-5-3-2-4-6-12/h2-6,11,14-15H,7-10H2,1H3/t11-,14-/m1/s1. The largest absolute Gasteiger partial charge is 0.365 e. The monoisotopic (exact) mass is 233 g/mol. The van der Waals surface area contributed by atoms with Gasteiger partial charge in [-0.25, -0.2) is 0 Å². The SMILES string of the molecule is C[C@@H]1CNC[C@H](C(=O)CCc2ccccc2)O1. The molecule has 1 saturated heterocycles. The number of aryl methyl sites for hydroxylation is 1. The van der Waals surface area contributed by atoms with Crippen LogP contribution in [0.1, 0.15) is 18.9 Å². The Morgan fingerprint density at radius 1 is 1.35 bits per heavy atom. The van der Waals surface area contributed by atoms with Gasteiger partial charge >= 0.3 is 0 Å². The predicted molar refractivity (Wildman–Crippen MR) is 67.0 cm³/mol. The zero-order valence-electron chi connectivity index (χ0n) is 10.2. The molecule has 1 aromatic rings. The summed E-state index contributed by atoms with van der Waals surface area (Å²) < 4.78 is 5.62. The maximum absolute atomic E-state index is 12.0. The molecule has 1 aromatic carbocycles. The van der Waals surface area contributed by atoms with Crippen molar-refractivity contribution in [2.75, 3.05) is 13.1 Å². The summed E-state index contributed by atoms with van der Waals surface area (Å²) in [4.78, 5) is 12.0. The first-order chi connectivity index (χ1) is 8.25. The van der Waals surface area contributed by atoms with E-state index in [1.54, 1.807) is 0 Å². The number of hydrogen-bond donors (Lipinski definition) is 1. The predicted octanol–water partition coefficient (Wildman–Crippen LogP) is 1.57. The van der Waals surface area contributed by atoms with E-state index in [1.807, 2.05) is 25.1 Å². The first-order valence-corrected chi connectivity index (χ1v) is 6.18. The molecule has 17 heavy (non-hydrogen) atoms. The Morgan fingerprint density at radius 3 is 2.82 bits per heavy atom. The molecule has 0 spiro atoms. The van der Waals surface area contributed by atoms with Crippen molar-refractivity contribution in [2.45, 2.75) is 32.0 Å². The lowest BCUT2D eigenvalue weighted by molar-refractivity contribution is -0.136. The van der Waals surface area contributed by atoms with Gasteiger partial charge in [0.2, 0.25) is 0 Å². The number of ether oxygens (including phenoxy) is 1. The fourth-order valence-electron chi connectivity index (χ4n) is 2.06. The Hall–Kier alpha value is -1.19. The summed E-state index contributed by atoms with van der Waals surface area (Å²) in [5, 5.41) is 3.22. The number of ketones is 1. The van der Waals surface area contributed by atoms with Crippen molar-refractivity contribution in [1.82, 2.24) is 5.32 Å². The van der Waals surface area contributed by atoms with E-state index in [0.29, 0.717) is 13.0 Å². The van der Waals surface area contributed by atoms with Gasteiger partial charge in [0, 0.05) is 19.5 Å². The normalized spacial score (nSPS) is 24.5. The van der Waals surface area contributed by atoms with Gasteiger partial charge in [-0.05, 0) is 18.9 Å². The number of benzene rings is 1. The second-order valence-corrected chi connectivity index (χ2v) is 4.55. The van der Waals surface area contributed by atoms with Gasteiger partial charge in [0.25, 0.3) is 0 Å². The number of morpholine rings is 1. The molecule has 2 atom stereocenters. The van der Waals surface area contributed by atoms with Crippen LogP contribution in [0.25, 0.3) is 0 Å². The molecule has 0 aromatic heterocycles. The Labute approximate surface area is 102 Å². The summed E-state index contributed by atoms with van der Waals surface area (Å²) in [6.07, 6.45) is 1.23. The molecular weight excluding hydrogens is 214 g/mol. The van der Waals surface area contributed by atoms with Crippen LogP contribution >= 0.6 is 0 Å². The molecule has 0 aliphatic carbocycles. The number of Topliss-reactive ketones (excluding diaryl/α,β-unsaturated/α-hetero) is 1. The van der Waals surface area contributed by atoms with Crippen molar-refractivity contribution in [1.29, 1.82) is 0 Å². The van der Waals surface area contributed by atoms with Crippen molar-refractivity contribution in [3.05, 3.63) is 35.9 Å². The van der Waals surface area contributed by atoms with Crippen LogP contribution in [0.15, 0.2) is 30.3 Å². The topological polar surface area (TPSA) is 38.3 Å². The molecule has 2 rings (SSSR count). The maximum atomic E-state index is 12.0. The molecule has 1 aliphatic heterocycles. The van der Waals surface area contributed by atoms with Crippen molar-refractivity contribution in [3.63, 3.8) is 0 Å². The highest BCUT2D eigenvalue weighted by atomic mass is 16.5. The van der Waals surface area contributed by atoms with Crippen LogP contribution in [0.3, 0.4) is 0 Å². The quantitative estimate of drug-likeness (QED) is 0.857. The molecule has 3 heteroatoms. The Balaban J connectivity index is 1.81. The second-order valence-electron chi connectivity index (χ2n) is 4.55. The summed E-state index contributed by atoms with van der Waals surface area (Å²) in [6.45, 7) is 3.48. The first kappa shape index (κ1) is 12.3. The minimum absolute atomic E-state index is 0.134. The van der Waals surface area contributed by atoms with E-state index >= 15 is 0 Å². The maximum Gasteiger partial charge on any atom is 0.163 e. The molecule has 92 valence electrons. The van der Waals surface area contributed by atoms with Crippen molar-refractivity contribution < 1.29 is 9.53 Å².